The van der Waals surface area contributed by atoms with Crippen LogP contribution in [0, 0.1) is 0 Å². The Morgan fingerprint density at radius 1 is 1.00 bits per heavy atom. The molecule has 1 aromatic carbocycles. The van der Waals surface area contributed by atoms with Crippen molar-refractivity contribution in [3.05, 3.63) is 23.3 Å². The van der Waals surface area contributed by atoms with Crippen molar-refractivity contribution in [3.8, 4) is 11.5 Å². The molecule has 3 heterocycles. The first-order valence-corrected chi connectivity index (χ1v) is 11.1. The molecule has 180 valence electrons. The van der Waals surface area contributed by atoms with Gasteiger partial charge in [0.25, 0.3) is 0 Å². The summed E-state index contributed by atoms with van der Waals surface area (Å²) in [5.74, 6) is 0.798. The molecule has 1 aromatic rings. The number of carbonyl (C=O) groups is 3. The molecule has 0 bridgehead atoms. The highest BCUT2D eigenvalue weighted by molar-refractivity contribution is 5.82. The highest BCUT2D eigenvalue weighted by Gasteiger charge is 2.44. The number of esters is 1. The summed E-state index contributed by atoms with van der Waals surface area (Å²) >= 11 is 0. The number of nitrogens with zero attached hydrogens (tertiary/aromatic N) is 2. The van der Waals surface area contributed by atoms with Crippen molar-refractivity contribution in [2.24, 2.45) is 0 Å². The molecule has 10 nitrogen and oxygen atoms in total. The van der Waals surface area contributed by atoms with Gasteiger partial charge in [-0.2, -0.15) is 0 Å². The van der Waals surface area contributed by atoms with Crippen molar-refractivity contribution in [1.82, 2.24) is 9.80 Å². The Hall–Kier alpha value is -3.17. The first kappa shape index (κ1) is 23.0. The molecule has 3 aliphatic rings. The Labute approximate surface area is 192 Å². The summed E-state index contributed by atoms with van der Waals surface area (Å²) in [7, 11) is 1.26. The normalized spacial score (nSPS) is 21.8. The fourth-order valence-electron chi connectivity index (χ4n) is 4.17. The quantitative estimate of drug-likeness (QED) is 0.488. The van der Waals surface area contributed by atoms with Gasteiger partial charge in [-0.05, 0) is 44.0 Å². The van der Waals surface area contributed by atoms with Gasteiger partial charge in [-0.3, -0.25) is 9.80 Å². The fourth-order valence-corrected chi connectivity index (χ4v) is 4.17. The van der Waals surface area contributed by atoms with Crippen LogP contribution in [0.5, 0.6) is 11.5 Å². The molecule has 0 unspecified atom stereocenters. The van der Waals surface area contributed by atoms with Crippen LogP contribution < -0.4 is 9.47 Å². The van der Waals surface area contributed by atoms with Gasteiger partial charge in [-0.25, -0.2) is 14.4 Å². The zero-order valence-electron chi connectivity index (χ0n) is 19.4. The van der Waals surface area contributed by atoms with Gasteiger partial charge in [0.15, 0.2) is 11.5 Å². The topological polar surface area (TPSA) is 104 Å². The first-order chi connectivity index (χ1) is 15.6. The van der Waals surface area contributed by atoms with E-state index in [-0.39, 0.29) is 13.0 Å². The third kappa shape index (κ3) is 5.09. The molecule has 0 saturated carbocycles. The number of benzene rings is 1. The van der Waals surface area contributed by atoms with Crippen molar-refractivity contribution < 1.29 is 38.1 Å². The van der Waals surface area contributed by atoms with Gasteiger partial charge in [0.1, 0.15) is 17.7 Å². The Balaban J connectivity index is 1.40. The first-order valence-electron chi connectivity index (χ1n) is 11.1. The van der Waals surface area contributed by atoms with E-state index in [1.54, 1.807) is 25.7 Å². The molecule has 1 saturated heterocycles. The van der Waals surface area contributed by atoms with Gasteiger partial charge in [-0.15, -0.1) is 0 Å². The maximum atomic E-state index is 12.9. The smallest absolute Gasteiger partial charge is 0.411 e. The van der Waals surface area contributed by atoms with E-state index in [0.29, 0.717) is 37.8 Å². The number of fused-ring (bicyclic) bond motifs is 2. The average molecular weight is 462 g/mol. The van der Waals surface area contributed by atoms with Gasteiger partial charge >= 0.3 is 18.2 Å². The van der Waals surface area contributed by atoms with Crippen molar-refractivity contribution in [3.63, 3.8) is 0 Å². The molecule has 0 aliphatic carbocycles. The molecular weight excluding hydrogens is 432 g/mol. The number of amides is 2. The lowest BCUT2D eigenvalue weighted by Crippen LogP contribution is -2.44. The molecule has 4 rings (SSSR count). The average Bonchev–Trinajstić information content (AvgIpc) is 3.28. The number of carbonyl (C=O) groups excluding carboxylic acids is 3. The standard InChI is InChI=1S/C23H30N2O8/c1-23(2,3)33-22(28)25-13-16(10-17(25)20(26)29-4)32-21(27)24-11-14-8-18-19(9-15(14)12-24)31-7-5-6-30-18/h8-9,16-17H,5-7,10-13H2,1-4H3/t16-,17+/m1/s1. The van der Waals surface area contributed by atoms with E-state index in [4.69, 9.17) is 23.7 Å². The van der Waals surface area contributed by atoms with E-state index < -0.39 is 35.9 Å². The van der Waals surface area contributed by atoms with E-state index in [1.807, 2.05) is 12.1 Å². The Morgan fingerprint density at radius 2 is 1.61 bits per heavy atom. The second-order valence-electron chi connectivity index (χ2n) is 9.39. The summed E-state index contributed by atoms with van der Waals surface area (Å²) in [6, 6.07) is 2.95. The van der Waals surface area contributed by atoms with Crippen molar-refractivity contribution in [2.45, 2.75) is 64.4 Å². The van der Waals surface area contributed by atoms with E-state index in [0.717, 1.165) is 17.5 Å². The highest BCUT2D eigenvalue weighted by atomic mass is 16.6. The molecule has 33 heavy (non-hydrogen) atoms. The van der Waals surface area contributed by atoms with E-state index in [2.05, 4.69) is 0 Å². The zero-order chi connectivity index (χ0) is 23.8. The summed E-state index contributed by atoms with van der Waals surface area (Å²) in [6.07, 6.45) is -0.837. The van der Waals surface area contributed by atoms with Crippen LogP contribution in [0.25, 0.3) is 0 Å². The number of hydrogen-bond donors (Lipinski definition) is 0. The molecular formula is C23H30N2O8. The van der Waals surface area contributed by atoms with Crippen LogP contribution in [0.4, 0.5) is 9.59 Å². The maximum Gasteiger partial charge on any atom is 0.411 e. The molecule has 1 fully saturated rings. The minimum Gasteiger partial charge on any atom is -0.490 e. The van der Waals surface area contributed by atoms with Crippen LogP contribution in [0.1, 0.15) is 44.7 Å². The SMILES string of the molecule is COC(=O)[C@@H]1C[C@@H](OC(=O)N2Cc3cc4c(cc3C2)OCCCO4)CN1C(=O)OC(C)(C)C. The predicted octanol–water partition coefficient (Wildman–Crippen LogP) is 2.85. The number of likely N-dealkylation sites (tertiary alicyclic amines) is 1. The Morgan fingerprint density at radius 3 is 2.15 bits per heavy atom. The van der Waals surface area contributed by atoms with E-state index >= 15 is 0 Å². The molecule has 0 aromatic heterocycles. The molecule has 10 heteroatoms. The fraction of sp³-hybridized carbons (Fsp3) is 0.609. The van der Waals surface area contributed by atoms with Crippen LogP contribution in [0.15, 0.2) is 12.1 Å². The lowest BCUT2D eigenvalue weighted by atomic mass is 10.1. The van der Waals surface area contributed by atoms with E-state index in [9.17, 15) is 14.4 Å². The summed E-state index contributed by atoms with van der Waals surface area (Å²) in [4.78, 5) is 40.6. The number of hydrogen-bond acceptors (Lipinski definition) is 8. The summed E-state index contributed by atoms with van der Waals surface area (Å²) in [6.45, 7) is 7.23. The third-order valence-electron chi connectivity index (χ3n) is 5.68. The number of methoxy groups -OCH3 is 1. The van der Waals surface area contributed by atoms with Gasteiger partial charge < -0.3 is 23.7 Å². The molecule has 2 amide bonds. The van der Waals surface area contributed by atoms with Gasteiger partial charge in [-0.1, -0.05) is 0 Å². The Bertz CT molecular complexity index is 906. The third-order valence-corrected chi connectivity index (χ3v) is 5.68. The predicted molar refractivity (Wildman–Crippen MR) is 115 cm³/mol. The van der Waals surface area contributed by atoms with Crippen LogP contribution in [0.2, 0.25) is 0 Å². The lowest BCUT2D eigenvalue weighted by molar-refractivity contribution is -0.145. The second-order valence-corrected chi connectivity index (χ2v) is 9.39. The zero-order valence-corrected chi connectivity index (χ0v) is 19.4. The Kier molecular flexibility index (Phi) is 6.27. The minimum atomic E-state index is -0.872. The van der Waals surface area contributed by atoms with Crippen molar-refractivity contribution >= 4 is 18.2 Å². The van der Waals surface area contributed by atoms with Gasteiger partial charge in [0.2, 0.25) is 0 Å². The van der Waals surface area contributed by atoms with Crippen LogP contribution in [-0.2, 0) is 32.1 Å². The highest BCUT2D eigenvalue weighted by Crippen LogP contribution is 2.37. The van der Waals surface area contributed by atoms with E-state index in [1.165, 1.54) is 12.0 Å². The molecule has 0 spiro atoms. The van der Waals surface area contributed by atoms with Gasteiger partial charge in [0.05, 0.1) is 26.9 Å². The van der Waals surface area contributed by atoms with Crippen LogP contribution in [-0.4, -0.2) is 72.6 Å². The molecule has 0 radical (unpaired) electrons. The maximum absolute atomic E-state index is 12.9. The van der Waals surface area contributed by atoms with Crippen molar-refractivity contribution in [2.75, 3.05) is 26.9 Å². The molecule has 3 aliphatic heterocycles. The summed E-state index contributed by atoms with van der Waals surface area (Å²) in [5, 5.41) is 0. The minimum absolute atomic E-state index is 0.0528. The number of ether oxygens (including phenoxy) is 5. The molecule has 2 atom stereocenters. The van der Waals surface area contributed by atoms with Gasteiger partial charge in [0, 0.05) is 25.9 Å². The largest absolute Gasteiger partial charge is 0.490 e. The summed E-state index contributed by atoms with van der Waals surface area (Å²) < 4.78 is 27.4. The van der Waals surface area contributed by atoms with Crippen LogP contribution in [0.3, 0.4) is 0 Å². The summed E-state index contributed by atoms with van der Waals surface area (Å²) in [5.41, 5.74) is 1.23. The lowest BCUT2D eigenvalue weighted by Gasteiger charge is -2.27. The van der Waals surface area contributed by atoms with Crippen LogP contribution >= 0.6 is 0 Å². The second kappa shape index (κ2) is 8.99. The molecule has 0 N–H and O–H groups in total. The van der Waals surface area contributed by atoms with Crippen molar-refractivity contribution in [1.29, 1.82) is 0 Å². The monoisotopic (exact) mass is 462 g/mol. The number of rotatable bonds is 2.